The highest BCUT2D eigenvalue weighted by Gasteiger charge is 2.06. The van der Waals surface area contributed by atoms with Gasteiger partial charge in [-0.2, -0.15) is 0 Å². The fraction of sp³-hybridized carbons (Fsp3) is 0.955. The van der Waals surface area contributed by atoms with E-state index in [1.54, 1.807) is 0 Å². The smallest absolute Gasteiger partial charge is 0.305 e. The third-order valence-corrected chi connectivity index (χ3v) is 4.95. The quantitative estimate of drug-likeness (QED) is 0.218. The number of carbonyl (C=O) groups excluding carboxylic acids is 1. The van der Waals surface area contributed by atoms with Gasteiger partial charge in [0.15, 0.2) is 0 Å². The molecule has 0 radical (unpaired) electrons. The second-order valence-electron chi connectivity index (χ2n) is 7.52. The van der Waals surface area contributed by atoms with E-state index in [9.17, 15) is 9.90 Å². The Balaban J connectivity index is 3.12. The van der Waals surface area contributed by atoms with Crippen molar-refractivity contribution in [2.45, 2.75) is 122 Å². The normalized spacial score (nSPS) is 12.3. The summed E-state index contributed by atoms with van der Waals surface area (Å²) in [4.78, 5) is 11.5. The fourth-order valence-corrected chi connectivity index (χ4v) is 3.06. The molecule has 0 aromatic carbocycles. The predicted octanol–water partition coefficient (Wildman–Crippen LogP) is 5.53. The van der Waals surface area contributed by atoms with Crippen LogP contribution in [0.4, 0.5) is 0 Å². The summed E-state index contributed by atoms with van der Waals surface area (Å²) in [5.41, 5.74) is 0. The molecule has 0 aromatic rings. The van der Waals surface area contributed by atoms with Crippen molar-refractivity contribution < 1.29 is 19.7 Å². The Morgan fingerprint density at radius 3 is 1.50 bits per heavy atom. The van der Waals surface area contributed by atoms with Gasteiger partial charge >= 0.3 is 5.97 Å². The number of aliphatic hydroxyl groups is 2. The second kappa shape index (κ2) is 20.7. The first-order chi connectivity index (χ1) is 12.7. The molecular weight excluding hydrogens is 328 g/mol. The predicted molar refractivity (Wildman–Crippen MR) is 108 cm³/mol. The molecular formula is C22H44O4. The summed E-state index contributed by atoms with van der Waals surface area (Å²) in [6.07, 6.45) is 19.3. The molecule has 0 rings (SSSR count). The zero-order chi connectivity index (χ0) is 19.3. The molecule has 0 aliphatic rings. The van der Waals surface area contributed by atoms with E-state index >= 15 is 0 Å². The lowest BCUT2D eigenvalue weighted by atomic mass is 10.0. The Bertz CT molecular complexity index is 294. The highest BCUT2D eigenvalue weighted by Crippen LogP contribution is 2.13. The first-order valence-corrected chi connectivity index (χ1v) is 11.1. The maximum absolute atomic E-state index is 11.5. The Morgan fingerprint density at radius 2 is 1.12 bits per heavy atom. The number of unbranched alkanes of at least 4 members (excludes halogenated alkanes) is 14. The van der Waals surface area contributed by atoms with Crippen LogP contribution in [0.1, 0.15) is 116 Å². The van der Waals surface area contributed by atoms with Crippen LogP contribution >= 0.6 is 0 Å². The van der Waals surface area contributed by atoms with Crippen LogP contribution in [0.25, 0.3) is 0 Å². The van der Waals surface area contributed by atoms with Crippen LogP contribution < -0.4 is 0 Å². The minimum atomic E-state index is -0.518. The van der Waals surface area contributed by atoms with Crippen molar-refractivity contribution in [1.29, 1.82) is 0 Å². The van der Waals surface area contributed by atoms with E-state index in [2.05, 4.69) is 0 Å². The SMILES string of the molecule is CCC(O)COC(=O)CCCCCCCCCCCCCCCCCO. The van der Waals surface area contributed by atoms with E-state index in [0.29, 0.717) is 19.4 Å². The van der Waals surface area contributed by atoms with E-state index in [1.807, 2.05) is 6.92 Å². The van der Waals surface area contributed by atoms with Gasteiger partial charge in [0.1, 0.15) is 6.61 Å². The summed E-state index contributed by atoms with van der Waals surface area (Å²) in [7, 11) is 0. The highest BCUT2D eigenvalue weighted by molar-refractivity contribution is 5.69. The molecule has 0 aromatic heterocycles. The van der Waals surface area contributed by atoms with E-state index in [0.717, 1.165) is 19.3 Å². The minimum absolute atomic E-state index is 0.138. The van der Waals surface area contributed by atoms with Crippen molar-refractivity contribution in [3.8, 4) is 0 Å². The molecule has 0 fully saturated rings. The van der Waals surface area contributed by atoms with E-state index in [4.69, 9.17) is 9.84 Å². The van der Waals surface area contributed by atoms with E-state index in [1.165, 1.54) is 77.0 Å². The third-order valence-electron chi connectivity index (χ3n) is 4.95. The molecule has 1 unspecified atom stereocenters. The highest BCUT2D eigenvalue weighted by atomic mass is 16.5. The van der Waals surface area contributed by atoms with E-state index < -0.39 is 6.10 Å². The van der Waals surface area contributed by atoms with Crippen LogP contribution in [0.5, 0.6) is 0 Å². The van der Waals surface area contributed by atoms with Crippen LogP contribution in [0.2, 0.25) is 0 Å². The number of rotatable bonds is 20. The molecule has 0 aliphatic heterocycles. The van der Waals surface area contributed by atoms with Crippen molar-refractivity contribution in [2.75, 3.05) is 13.2 Å². The van der Waals surface area contributed by atoms with Crippen molar-refractivity contribution >= 4 is 5.97 Å². The zero-order valence-corrected chi connectivity index (χ0v) is 17.2. The molecule has 0 saturated carbocycles. The van der Waals surface area contributed by atoms with Crippen molar-refractivity contribution in [1.82, 2.24) is 0 Å². The Labute approximate surface area is 161 Å². The van der Waals surface area contributed by atoms with Gasteiger partial charge in [0.25, 0.3) is 0 Å². The van der Waals surface area contributed by atoms with Gasteiger partial charge in [-0.3, -0.25) is 4.79 Å². The number of ether oxygens (including phenoxy) is 1. The first kappa shape index (κ1) is 25.4. The maximum atomic E-state index is 11.5. The lowest BCUT2D eigenvalue weighted by molar-refractivity contribution is -0.146. The monoisotopic (exact) mass is 372 g/mol. The van der Waals surface area contributed by atoms with Crippen LogP contribution in [0, 0.1) is 0 Å². The van der Waals surface area contributed by atoms with Gasteiger partial charge in [0.2, 0.25) is 0 Å². The Hall–Kier alpha value is -0.610. The third kappa shape index (κ3) is 19.7. The summed E-state index contributed by atoms with van der Waals surface area (Å²) in [6, 6.07) is 0. The van der Waals surface area contributed by atoms with Crippen LogP contribution in [-0.2, 0) is 9.53 Å². The van der Waals surface area contributed by atoms with Gasteiger partial charge in [0, 0.05) is 13.0 Å². The van der Waals surface area contributed by atoms with Gasteiger partial charge in [-0.05, 0) is 19.3 Å². The Morgan fingerprint density at radius 1 is 0.731 bits per heavy atom. The van der Waals surface area contributed by atoms with Gasteiger partial charge in [-0.25, -0.2) is 0 Å². The average molecular weight is 373 g/mol. The van der Waals surface area contributed by atoms with Gasteiger partial charge in [0.05, 0.1) is 6.10 Å². The number of aliphatic hydroxyl groups excluding tert-OH is 2. The summed E-state index contributed by atoms with van der Waals surface area (Å²) in [5.74, 6) is -0.175. The number of esters is 1. The van der Waals surface area contributed by atoms with Gasteiger partial charge in [-0.15, -0.1) is 0 Å². The number of hydrogen-bond acceptors (Lipinski definition) is 4. The van der Waals surface area contributed by atoms with Crippen molar-refractivity contribution in [2.24, 2.45) is 0 Å². The lowest BCUT2D eigenvalue weighted by Gasteiger charge is -2.08. The van der Waals surface area contributed by atoms with Crippen molar-refractivity contribution in [3.05, 3.63) is 0 Å². The van der Waals surface area contributed by atoms with Gasteiger partial charge in [-0.1, -0.05) is 90.4 Å². The molecule has 0 spiro atoms. The van der Waals surface area contributed by atoms with E-state index in [-0.39, 0.29) is 12.6 Å². The molecule has 0 aliphatic carbocycles. The molecule has 0 bridgehead atoms. The molecule has 4 nitrogen and oxygen atoms in total. The van der Waals surface area contributed by atoms with Crippen LogP contribution in [-0.4, -0.2) is 35.5 Å². The maximum Gasteiger partial charge on any atom is 0.305 e. The molecule has 2 N–H and O–H groups in total. The summed E-state index contributed by atoms with van der Waals surface area (Å²) >= 11 is 0. The Kier molecular flexibility index (Phi) is 20.2. The summed E-state index contributed by atoms with van der Waals surface area (Å²) in [6.45, 7) is 2.36. The topological polar surface area (TPSA) is 66.8 Å². The molecule has 0 amide bonds. The molecule has 26 heavy (non-hydrogen) atoms. The van der Waals surface area contributed by atoms with Crippen LogP contribution in [0.15, 0.2) is 0 Å². The molecule has 156 valence electrons. The van der Waals surface area contributed by atoms with Gasteiger partial charge < -0.3 is 14.9 Å². The van der Waals surface area contributed by atoms with Crippen molar-refractivity contribution in [3.63, 3.8) is 0 Å². The van der Waals surface area contributed by atoms with Crippen LogP contribution in [0.3, 0.4) is 0 Å². The summed E-state index contributed by atoms with van der Waals surface area (Å²) < 4.78 is 5.02. The molecule has 0 heterocycles. The average Bonchev–Trinajstić information content (AvgIpc) is 2.65. The molecule has 0 saturated heterocycles. The first-order valence-electron chi connectivity index (χ1n) is 11.1. The summed E-state index contributed by atoms with van der Waals surface area (Å²) in [5, 5.41) is 18.0. The standard InChI is InChI=1S/C22H44O4/c1-2-21(24)20-26-22(25)18-16-14-12-10-8-6-4-3-5-7-9-11-13-15-17-19-23/h21,23-24H,2-20H2,1H3. The largest absolute Gasteiger partial charge is 0.463 e. The fourth-order valence-electron chi connectivity index (χ4n) is 3.06. The minimum Gasteiger partial charge on any atom is -0.463 e. The number of carbonyl (C=O) groups is 1. The number of hydrogen-bond donors (Lipinski definition) is 2. The molecule has 1 atom stereocenters. The molecule has 4 heteroatoms. The lowest BCUT2D eigenvalue weighted by Crippen LogP contribution is -2.17. The second-order valence-corrected chi connectivity index (χ2v) is 7.52. The zero-order valence-electron chi connectivity index (χ0n) is 17.2.